The largest absolute Gasteiger partial charge is 0.469 e. The standard InChI is InChI=1S/C13H17ClFNO2/c1-3-12(16)11(7-13(17)18-2)8-4-9(14)6-10(15)5-8/h4-6,11-12H,3,7,16H2,1-2H3. The van der Waals surface area contributed by atoms with E-state index in [1.54, 1.807) is 6.07 Å². The Morgan fingerprint density at radius 3 is 2.67 bits per heavy atom. The average molecular weight is 274 g/mol. The molecule has 0 radical (unpaired) electrons. The van der Waals surface area contributed by atoms with Crippen LogP contribution in [-0.4, -0.2) is 19.1 Å². The number of halogens is 2. The second-order valence-electron chi connectivity index (χ2n) is 4.16. The minimum atomic E-state index is -0.435. The summed E-state index contributed by atoms with van der Waals surface area (Å²) in [4.78, 5) is 11.4. The number of carbonyl (C=O) groups excluding carboxylic acids is 1. The number of hydrogen-bond donors (Lipinski definition) is 1. The molecule has 0 aliphatic heterocycles. The van der Waals surface area contributed by atoms with E-state index in [4.69, 9.17) is 17.3 Å². The number of nitrogens with two attached hydrogens (primary N) is 1. The van der Waals surface area contributed by atoms with Crippen molar-refractivity contribution in [3.63, 3.8) is 0 Å². The van der Waals surface area contributed by atoms with Crippen LogP contribution in [0.5, 0.6) is 0 Å². The number of esters is 1. The van der Waals surface area contributed by atoms with Crippen LogP contribution in [0.2, 0.25) is 5.02 Å². The molecule has 0 saturated carbocycles. The first kappa shape index (κ1) is 14.9. The number of carbonyl (C=O) groups is 1. The third-order valence-corrected chi connectivity index (χ3v) is 3.13. The maximum atomic E-state index is 13.3. The van der Waals surface area contributed by atoms with Crippen LogP contribution < -0.4 is 5.73 Å². The van der Waals surface area contributed by atoms with E-state index >= 15 is 0 Å². The lowest BCUT2D eigenvalue weighted by molar-refractivity contribution is -0.141. The van der Waals surface area contributed by atoms with E-state index in [2.05, 4.69) is 4.74 Å². The molecule has 0 aliphatic carbocycles. The Morgan fingerprint density at radius 2 is 2.17 bits per heavy atom. The van der Waals surface area contributed by atoms with Crippen LogP contribution in [0, 0.1) is 5.82 Å². The number of methoxy groups -OCH3 is 1. The molecule has 2 unspecified atom stereocenters. The molecule has 1 rings (SSSR count). The minimum Gasteiger partial charge on any atom is -0.469 e. The van der Waals surface area contributed by atoms with Crippen molar-refractivity contribution >= 4 is 17.6 Å². The SMILES string of the molecule is CCC(N)C(CC(=O)OC)c1cc(F)cc(Cl)c1. The summed E-state index contributed by atoms with van der Waals surface area (Å²) in [6.45, 7) is 1.91. The summed E-state index contributed by atoms with van der Waals surface area (Å²) in [6, 6.07) is 3.96. The van der Waals surface area contributed by atoms with Gasteiger partial charge in [-0.3, -0.25) is 4.79 Å². The zero-order chi connectivity index (χ0) is 13.7. The van der Waals surface area contributed by atoms with Gasteiger partial charge in [-0.25, -0.2) is 4.39 Å². The summed E-state index contributed by atoms with van der Waals surface area (Å²) in [7, 11) is 1.31. The maximum absolute atomic E-state index is 13.3. The number of benzene rings is 1. The minimum absolute atomic E-state index is 0.116. The Kier molecular flexibility index (Phi) is 5.56. The topological polar surface area (TPSA) is 52.3 Å². The lowest BCUT2D eigenvalue weighted by atomic mass is 9.87. The second-order valence-corrected chi connectivity index (χ2v) is 4.60. The summed E-state index contributed by atoms with van der Waals surface area (Å²) in [5.74, 6) is -1.10. The number of ether oxygens (including phenoxy) is 1. The first-order valence-electron chi connectivity index (χ1n) is 5.76. The quantitative estimate of drug-likeness (QED) is 0.840. The van der Waals surface area contributed by atoms with Crippen LogP contribution >= 0.6 is 11.6 Å². The van der Waals surface area contributed by atoms with Gasteiger partial charge in [0, 0.05) is 17.0 Å². The summed E-state index contributed by atoms with van der Waals surface area (Å²) < 4.78 is 18.0. The normalized spacial score (nSPS) is 14.1. The molecule has 100 valence electrons. The zero-order valence-corrected chi connectivity index (χ0v) is 11.2. The van der Waals surface area contributed by atoms with E-state index in [1.807, 2.05) is 6.92 Å². The van der Waals surface area contributed by atoms with Crippen molar-refractivity contribution in [3.8, 4) is 0 Å². The third kappa shape index (κ3) is 3.96. The Bertz CT molecular complexity index is 405. The van der Waals surface area contributed by atoms with Gasteiger partial charge in [0.15, 0.2) is 0 Å². The van der Waals surface area contributed by atoms with Crippen molar-refractivity contribution in [2.75, 3.05) is 7.11 Å². The predicted molar refractivity (Wildman–Crippen MR) is 69.1 cm³/mol. The highest BCUT2D eigenvalue weighted by Crippen LogP contribution is 2.28. The molecule has 0 fully saturated rings. The van der Waals surface area contributed by atoms with E-state index < -0.39 is 5.82 Å². The average Bonchev–Trinajstić information content (AvgIpc) is 2.33. The van der Waals surface area contributed by atoms with Crippen LogP contribution in [0.3, 0.4) is 0 Å². The smallest absolute Gasteiger partial charge is 0.306 e. The van der Waals surface area contributed by atoms with Crippen molar-refractivity contribution in [3.05, 3.63) is 34.6 Å². The Morgan fingerprint density at radius 1 is 1.50 bits per heavy atom. The molecule has 2 atom stereocenters. The van der Waals surface area contributed by atoms with Gasteiger partial charge in [0.1, 0.15) is 5.82 Å². The van der Waals surface area contributed by atoms with Gasteiger partial charge in [0.2, 0.25) is 0 Å². The molecule has 1 aromatic carbocycles. The molecule has 2 N–H and O–H groups in total. The molecule has 18 heavy (non-hydrogen) atoms. The van der Waals surface area contributed by atoms with Gasteiger partial charge >= 0.3 is 5.97 Å². The summed E-state index contributed by atoms with van der Waals surface area (Å²) in [6.07, 6.45) is 0.793. The van der Waals surface area contributed by atoms with Crippen molar-refractivity contribution in [1.29, 1.82) is 0 Å². The van der Waals surface area contributed by atoms with E-state index in [9.17, 15) is 9.18 Å². The van der Waals surface area contributed by atoms with E-state index in [-0.39, 0.29) is 24.3 Å². The molecule has 0 amide bonds. The first-order valence-corrected chi connectivity index (χ1v) is 6.14. The van der Waals surface area contributed by atoms with E-state index in [1.165, 1.54) is 19.2 Å². The van der Waals surface area contributed by atoms with Gasteiger partial charge in [-0.1, -0.05) is 18.5 Å². The van der Waals surface area contributed by atoms with Gasteiger partial charge in [0.05, 0.1) is 13.5 Å². The highest BCUT2D eigenvalue weighted by Gasteiger charge is 2.23. The fourth-order valence-corrected chi connectivity index (χ4v) is 2.08. The first-order chi connectivity index (χ1) is 8.47. The molecule has 0 heterocycles. The Labute approximate surface area is 111 Å². The Balaban J connectivity index is 3.04. The fourth-order valence-electron chi connectivity index (χ4n) is 1.85. The predicted octanol–water partition coefficient (Wildman–Crippen LogP) is 2.86. The lowest BCUT2D eigenvalue weighted by Gasteiger charge is -2.22. The monoisotopic (exact) mass is 273 g/mol. The van der Waals surface area contributed by atoms with Crippen LogP contribution in [0.15, 0.2) is 18.2 Å². The number of rotatable bonds is 5. The highest BCUT2D eigenvalue weighted by molar-refractivity contribution is 6.30. The van der Waals surface area contributed by atoms with Gasteiger partial charge in [-0.2, -0.15) is 0 Å². The molecule has 0 bridgehead atoms. The van der Waals surface area contributed by atoms with Crippen LogP contribution in [0.25, 0.3) is 0 Å². The van der Waals surface area contributed by atoms with Crippen molar-refractivity contribution in [2.45, 2.75) is 31.7 Å². The number of hydrogen-bond acceptors (Lipinski definition) is 3. The van der Waals surface area contributed by atoms with Gasteiger partial charge in [0.25, 0.3) is 0 Å². The highest BCUT2D eigenvalue weighted by atomic mass is 35.5. The lowest BCUT2D eigenvalue weighted by Crippen LogP contribution is -2.29. The van der Waals surface area contributed by atoms with Crippen molar-refractivity contribution in [1.82, 2.24) is 0 Å². The molecule has 5 heteroatoms. The van der Waals surface area contributed by atoms with Gasteiger partial charge in [-0.05, 0) is 30.2 Å². The molecule has 3 nitrogen and oxygen atoms in total. The summed E-state index contributed by atoms with van der Waals surface area (Å²) in [5, 5.41) is 0.295. The molecule has 0 spiro atoms. The van der Waals surface area contributed by atoms with E-state index in [0.29, 0.717) is 17.0 Å². The Hall–Kier alpha value is -1.13. The van der Waals surface area contributed by atoms with Crippen LogP contribution in [0.1, 0.15) is 31.2 Å². The van der Waals surface area contributed by atoms with Gasteiger partial charge < -0.3 is 10.5 Å². The maximum Gasteiger partial charge on any atom is 0.306 e. The van der Waals surface area contributed by atoms with Crippen molar-refractivity contribution in [2.24, 2.45) is 5.73 Å². The zero-order valence-electron chi connectivity index (χ0n) is 10.5. The molecule has 0 saturated heterocycles. The molecule has 1 aromatic rings. The summed E-state index contributed by atoms with van der Waals surface area (Å²) >= 11 is 5.82. The molecule has 0 aliphatic rings. The molecular weight excluding hydrogens is 257 g/mol. The fraction of sp³-hybridized carbons (Fsp3) is 0.462. The third-order valence-electron chi connectivity index (χ3n) is 2.92. The van der Waals surface area contributed by atoms with Crippen molar-refractivity contribution < 1.29 is 13.9 Å². The van der Waals surface area contributed by atoms with Gasteiger partial charge in [-0.15, -0.1) is 0 Å². The second kappa shape index (κ2) is 6.71. The van der Waals surface area contributed by atoms with Crippen LogP contribution in [-0.2, 0) is 9.53 Å². The van der Waals surface area contributed by atoms with Crippen LogP contribution in [0.4, 0.5) is 4.39 Å². The van der Waals surface area contributed by atoms with E-state index in [0.717, 1.165) is 0 Å². The molecular formula is C13H17ClFNO2. The molecule has 0 aromatic heterocycles. The summed E-state index contributed by atoms with van der Waals surface area (Å²) in [5.41, 5.74) is 6.60.